The number of nitrogens with one attached hydrogen (secondary N) is 1. The van der Waals surface area contributed by atoms with E-state index in [4.69, 9.17) is 11.6 Å². The van der Waals surface area contributed by atoms with Crippen molar-refractivity contribution in [2.45, 2.75) is 19.4 Å². The fraction of sp³-hybridized carbons (Fsp3) is 0.417. The van der Waals surface area contributed by atoms with Gasteiger partial charge in [-0.05, 0) is 54.8 Å². The number of halogens is 1. The molecule has 5 nitrogen and oxygen atoms in total. The molecular formula is C24H28ClN3O2S. The van der Waals surface area contributed by atoms with Gasteiger partial charge < -0.3 is 10.2 Å². The zero-order chi connectivity index (χ0) is 21.6. The van der Waals surface area contributed by atoms with Gasteiger partial charge in [-0.1, -0.05) is 23.7 Å². The highest BCUT2D eigenvalue weighted by molar-refractivity contribution is 7.99. The molecule has 1 unspecified atom stereocenters. The fourth-order valence-corrected chi connectivity index (χ4v) is 5.21. The van der Waals surface area contributed by atoms with Crippen LogP contribution in [-0.4, -0.2) is 59.3 Å². The molecule has 2 aliphatic heterocycles. The fourth-order valence-electron chi connectivity index (χ4n) is 4.11. The number of hydrogen-bond acceptors (Lipinski definition) is 4. The second-order valence-corrected chi connectivity index (χ2v) is 9.83. The van der Waals surface area contributed by atoms with E-state index in [9.17, 15) is 9.59 Å². The Morgan fingerprint density at radius 2 is 1.71 bits per heavy atom. The normalized spacial score (nSPS) is 19.8. The molecule has 0 radical (unpaired) electrons. The smallest absolute Gasteiger partial charge is 0.253 e. The summed E-state index contributed by atoms with van der Waals surface area (Å²) < 4.78 is 0. The number of thioether (sulfide) groups is 1. The molecule has 7 heteroatoms. The minimum atomic E-state index is -0.199. The van der Waals surface area contributed by atoms with E-state index in [0.29, 0.717) is 23.7 Å². The first-order valence-corrected chi connectivity index (χ1v) is 12.4. The number of likely N-dealkylation sites (tertiary alicyclic amines) is 1. The van der Waals surface area contributed by atoms with Crippen molar-refractivity contribution < 1.29 is 9.59 Å². The first kappa shape index (κ1) is 22.2. The Morgan fingerprint density at radius 1 is 1.00 bits per heavy atom. The SMILES string of the molecule is O=C(Nc1ccc(CN2CCSCC2)cc1)C1CCCN(C(=O)c2ccc(Cl)cc2)C1. The quantitative estimate of drug-likeness (QED) is 0.723. The Kier molecular flexibility index (Phi) is 7.54. The van der Waals surface area contributed by atoms with E-state index in [2.05, 4.69) is 22.3 Å². The van der Waals surface area contributed by atoms with E-state index in [0.717, 1.165) is 38.2 Å². The topological polar surface area (TPSA) is 52.7 Å². The van der Waals surface area contributed by atoms with Crippen LogP contribution >= 0.6 is 23.4 Å². The van der Waals surface area contributed by atoms with E-state index >= 15 is 0 Å². The second-order valence-electron chi connectivity index (χ2n) is 8.17. The molecule has 0 saturated carbocycles. The molecule has 2 fully saturated rings. The van der Waals surface area contributed by atoms with Gasteiger partial charge in [-0.2, -0.15) is 11.8 Å². The Balaban J connectivity index is 1.31. The molecular weight excluding hydrogens is 430 g/mol. The van der Waals surface area contributed by atoms with E-state index < -0.39 is 0 Å². The maximum atomic E-state index is 12.8. The van der Waals surface area contributed by atoms with Crippen molar-refractivity contribution in [3.8, 4) is 0 Å². The first-order valence-electron chi connectivity index (χ1n) is 10.8. The molecule has 1 N–H and O–H groups in total. The van der Waals surface area contributed by atoms with Crippen LogP contribution in [0.15, 0.2) is 48.5 Å². The lowest BCUT2D eigenvalue weighted by atomic mass is 9.96. The molecule has 0 spiro atoms. The molecule has 2 aliphatic rings. The highest BCUT2D eigenvalue weighted by Gasteiger charge is 2.29. The third kappa shape index (κ3) is 6.03. The summed E-state index contributed by atoms with van der Waals surface area (Å²) in [6, 6.07) is 15.0. The molecule has 0 bridgehead atoms. The zero-order valence-electron chi connectivity index (χ0n) is 17.6. The largest absolute Gasteiger partial charge is 0.338 e. The second kappa shape index (κ2) is 10.5. The molecule has 2 heterocycles. The standard InChI is InChI=1S/C24H28ClN3O2S/c25-21-7-5-19(6-8-21)24(30)28-11-1-2-20(17-28)23(29)26-22-9-3-18(4-10-22)16-27-12-14-31-15-13-27/h3-10,20H,1-2,11-17H2,(H,26,29). The van der Waals surface area contributed by atoms with Gasteiger partial charge in [0.1, 0.15) is 0 Å². The van der Waals surface area contributed by atoms with Gasteiger partial charge in [-0.3, -0.25) is 14.5 Å². The Labute approximate surface area is 193 Å². The molecule has 2 aromatic carbocycles. The average molecular weight is 458 g/mol. The molecule has 2 amide bonds. The summed E-state index contributed by atoms with van der Waals surface area (Å²) in [5, 5.41) is 3.64. The van der Waals surface area contributed by atoms with Crippen molar-refractivity contribution in [1.29, 1.82) is 0 Å². The van der Waals surface area contributed by atoms with Gasteiger partial charge >= 0.3 is 0 Å². The van der Waals surface area contributed by atoms with Crippen molar-refractivity contribution in [1.82, 2.24) is 9.80 Å². The van der Waals surface area contributed by atoms with Gasteiger partial charge in [0.15, 0.2) is 0 Å². The van der Waals surface area contributed by atoms with Crippen molar-refractivity contribution in [2.75, 3.05) is 43.0 Å². The summed E-state index contributed by atoms with van der Waals surface area (Å²) in [7, 11) is 0. The van der Waals surface area contributed by atoms with E-state index in [-0.39, 0.29) is 17.7 Å². The van der Waals surface area contributed by atoms with Crippen LogP contribution in [0.1, 0.15) is 28.8 Å². The number of rotatable bonds is 5. The van der Waals surface area contributed by atoms with Crippen LogP contribution in [0.5, 0.6) is 0 Å². The highest BCUT2D eigenvalue weighted by Crippen LogP contribution is 2.22. The number of piperidine rings is 1. The van der Waals surface area contributed by atoms with Crippen LogP contribution in [0.2, 0.25) is 5.02 Å². The number of carbonyl (C=O) groups is 2. The van der Waals surface area contributed by atoms with Crippen LogP contribution in [0.3, 0.4) is 0 Å². The number of hydrogen-bond donors (Lipinski definition) is 1. The molecule has 31 heavy (non-hydrogen) atoms. The molecule has 2 saturated heterocycles. The Morgan fingerprint density at radius 3 is 2.42 bits per heavy atom. The van der Waals surface area contributed by atoms with Gasteiger partial charge in [0, 0.05) is 60.5 Å². The minimum absolute atomic E-state index is 0.0191. The monoisotopic (exact) mass is 457 g/mol. The maximum absolute atomic E-state index is 12.8. The minimum Gasteiger partial charge on any atom is -0.338 e. The molecule has 0 aliphatic carbocycles. The predicted molar refractivity (Wildman–Crippen MR) is 128 cm³/mol. The number of benzene rings is 2. The van der Waals surface area contributed by atoms with E-state index in [1.54, 1.807) is 29.2 Å². The number of anilines is 1. The molecule has 164 valence electrons. The summed E-state index contributed by atoms with van der Waals surface area (Å²) in [5.74, 6) is 2.14. The Hall–Kier alpha value is -2.02. The van der Waals surface area contributed by atoms with Gasteiger partial charge in [0.2, 0.25) is 5.91 Å². The van der Waals surface area contributed by atoms with Crippen LogP contribution < -0.4 is 5.32 Å². The molecule has 2 aromatic rings. The lowest BCUT2D eigenvalue weighted by molar-refractivity contribution is -0.121. The maximum Gasteiger partial charge on any atom is 0.253 e. The van der Waals surface area contributed by atoms with Crippen LogP contribution in [0.4, 0.5) is 5.69 Å². The predicted octanol–water partition coefficient (Wildman–Crippen LogP) is 4.38. The third-order valence-electron chi connectivity index (χ3n) is 5.90. The molecule has 1 atom stereocenters. The lowest BCUT2D eigenvalue weighted by Crippen LogP contribution is -2.43. The van der Waals surface area contributed by atoms with Crippen molar-refractivity contribution in [3.63, 3.8) is 0 Å². The molecule has 4 rings (SSSR count). The summed E-state index contributed by atoms with van der Waals surface area (Å²) >= 11 is 7.94. The van der Waals surface area contributed by atoms with Crippen molar-refractivity contribution >= 4 is 40.9 Å². The van der Waals surface area contributed by atoms with Gasteiger partial charge in [0.25, 0.3) is 5.91 Å². The lowest BCUT2D eigenvalue weighted by Gasteiger charge is -2.32. The van der Waals surface area contributed by atoms with Crippen LogP contribution in [-0.2, 0) is 11.3 Å². The van der Waals surface area contributed by atoms with E-state index in [1.807, 2.05) is 23.9 Å². The van der Waals surface area contributed by atoms with Gasteiger partial charge in [-0.25, -0.2) is 0 Å². The first-order chi connectivity index (χ1) is 15.1. The summed E-state index contributed by atoms with van der Waals surface area (Å²) in [6.45, 7) is 4.35. The Bertz CT molecular complexity index is 898. The van der Waals surface area contributed by atoms with Crippen molar-refractivity contribution in [3.05, 3.63) is 64.7 Å². The number of nitrogens with zero attached hydrogens (tertiary/aromatic N) is 2. The summed E-state index contributed by atoms with van der Waals surface area (Å²) in [6.07, 6.45) is 1.62. The van der Waals surface area contributed by atoms with Crippen LogP contribution in [0.25, 0.3) is 0 Å². The van der Waals surface area contributed by atoms with Crippen molar-refractivity contribution in [2.24, 2.45) is 5.92 Å². The third-order valence-corrected chi connectivity index (χ3v) is 7.10. The summed E-state index contributed by atoms with van der Waals surface area (Å²) in [5.41, 5.74) is 2.68. The molecule has 0 aromatic heterocycles. The van der Waals surface area contributed by atoms with Crippen LogP contribution in [0, 0.1) is 5.92 Å². The average Bonchev–Trinajstić information content (AvgIpc) is 2.81. The number of amides is 2. The zero-order valence-corrected chi connectivity index (χ0v) is 19.1. The van der Waals surface area contributed by atoms with Gasteiger partial charge in [-0.15, -0.1) is 0 Å². The number of carbonyl (C=O) groups excluding carboxylic acids is 2. The van der Waals surface area contributed by atoms with E-state index in [1.165, 1.54) is 17.1 Å². The highest BCUT2D eigenvalue weighted by atomic mass is 35.5. The summed E-state index contributed by atoms with van der Waals surface area (Å²) in [4.78, 5) is 29.9. The van der Waals surface area contributed by atoms with Gasteiger partial charge in [0.05, 0.1) is 5.92 Å².